The van der Waals surface area contributed by atoms with Crippen LogP contribution in [0.15, 0.2) is 30.3 Å². The Balaban J connectivity index is 2.18. The second kappa shape index (κ2) is 5.27. The summed E-state index contributed by atoms with van der Waals surface area (Å²) in [4.78, 5) is 25.3. The van der Waals surface area contributed by atoms with Gasteiger partial charge in [-0.3, -0.25) is 4.90 Å². The van der Waals surface area contributed by atoms with E-state index in [1.165, 1.54) is 0 Å². The van der Waals surface area contributed by atoms with Crippen molar-refractivity contribution >= 4 is 12.4 Å². The van der Waals surface area contributed by atoms with Gasteiger partial charge in [-0.1, -0.05) is 30.3 Å². The first-order chi connectivity index (χ1) is 9.36. The maximum absolute atomic E-state index is 12.4. The fraction of sp³-hybridized carbons (Fsp3) is 0.500. The number of amides is 1. The molecule has 2 rings (SSSR count). The second-order valence-electron chi connectivity index (χ2n) is 6.27. The molecule has 1 saturated carbocycles. The molecule has 0 bridgehead atoms. The van der Waals surface area contributed by atoms with Crippen LogP contribution in [0.2, 0.25) is 0 Å². The maximum atomic E-state index is 12.4. The summed E-state index contributed by atoms with van der Waals surface area (Å²) in [6.45, 7) is 5.87. The lowest BCUT2D eigenvalue weighted by molar-refractivity contribution is -0.114. The molecule has 0 radical (unpaired) electrons. The van der Waals surface area contributed by atoms with E-state index < -0.39 is 17.2 Å². The molecule has 0 heterocycles. The van der Waals surface area contributed by atoms with Gasteiger partial charge in [-0.15, -0.1) is 0 Å². The van der Waals surface area contributed by atoms with Crippen molar-refractivity contribution in [3.05, 3.63) is 35.9 Å². The van der Waals surface area contributed by atoms with E-state index in [1.54, 1.807) is 4.90 Å². The van der Waals surface area contributed by atoms with Crippen LogP contribution in [0.5, 0.6) is 0 Å². The number of ether oxygens (including phenoxy) is 1. The number of hydrogen-bond acceptors (Lipinski definition) is 3. The Morgan fingerprint density at radius 3 is 2.35 bits per heavy atom. The molecule has 1 amide bonds. The SMILES string of the molecule is CC(C)(C)OC(=O)N(Cc1ccccc1)C1(C=O)CC1. The first-order valence-electron chi connectivity index (χ1n) is 6.87. The van der Waals surface area contributed by atoms with E-state index in [-0.39, 0.29) is 0 Å². The molecule has 1 aliphatic rings. The highest BCUT2D eigenvalue weighted by molar-refractivity contribution is 5.79. The van der Waals surface area contributed by atoms with Gasteiger partial charge in [0.1, 0.15) is 17.4 Å². The van der Waals surface area contributed by atoms with Gasteiger partial charge < -0.3 is 9.53 Å². The van der Waals surface area contributed by atoms with E-state index >= 15 is 0 Å². The van der Waals surface area contributed by atoms with Crippen molar-refractivity contribution in [1.29, 1.82) is 0 Å². The Morgan fingerprint density at radius 1 is 1.30 bits per heavy atom. The first kappa shape index (κ1) is 14.6. The Bertz CT molecular complexity index is 486. The largest absolute Gasteiger partial charge is 0.444 e. The zero-order valence-electron chi connectivity index (χ0n) is 12.3. The van der Waals surface area contributed by atoms with Gasteiger partial charge >= 0.3 is 6.09 Å². The van der Waals surface area contributed by atoms with Crippen molar-refractivity contribution in [2.75, 3.05) is 0 Å². The van der Waals surface area contributed by atoms with Crippen LogP contribution in [0.25, 0.3) is 0 Å². The average Bonchev–Trinajstić information content (AvgIpc) is 3.16. The highest BCUT2D eigenvalue weighted by Gasteiger charge is 2.51. The number of carbonyl (C=O) groups is 2. The van der Waals surface area contributed by atoms with Gasteiger partial charge in [0.05, 0.1) is 6.54 Å². The van der Waals surface area contributed by atoms with Crippen LogP contribution in [0.3, 0.4) is 0 Å². The van der Waals surface area contributed by atoms with E-state index in [4.69, 9.17) is 4.74 Å². The van der Waals surface area contributed by atoms with Crippen molar-refractivity contribution < 1.29 is 14.3 Å². The third-order valence-electron chi connectivity index (χ3n) is 3.32. The van der Waals surface area contributed by atoms with Gasteiger partial charge in [0.25, 0.3) is 0 Å². The molecule has 1 aliphatic carbocycles. The van der Waals surface area contributed by atoms with Crippen molar-refractivity contribution in [3.8, 4) is 0 Å². The van der Waals surface area contributed by atoms with Crippen molar-refractivity contribution in [1.82, 2.24) is 4.90 Å². The molecule has 1 aromatic carbocycles. The van der Waals surface area contributed by atoms with Crippen LogP contribution < -0.4 is 0 Å². The monoisotopic (exact) mass is 275 g/mol. The summed E-state index contributed by atoms with van der Waals surface area (Å²) < 4.78 is 5.43. The predicted octanol–water partition coefficient (Wildman–Crippen LogP) is 3.16. The summed E-state index contributed by atoms with van der Waals surface area (Å²) >= 11 is 0. The van der Waals surface area contributed by atoms with Crippen molar-refractivity contribution in [2.45, 2.75) is 51.3 Å². The number of carbonyl (C=O) groups excluding carboxylic acids is 2. The molecule has 1 fully saturated rings. The fourth-order valence-electron chi connectivity index (χ4n) is 2.07. The van der Waals surface area contributed by atoms with Crippen LogP contribution in [-0.2, 0) is 16.1 Å². The number of benzene rings is 1. The van der Waals surface area contributed by atoms with E-state index in [9.17, 15) is 9.59 Å². The van der Waals surface area contributed by atoms with E-state index in [2.05, 4.69) is 0 Å². The summed E-state index contributed by atoms with van der Waals surface area (Å²) in [5, 5.41) is 0. The van der Waals surface area contributed by atoms with Crippen LogP contribution in [0.4, 0.5) is 4.79 Å². The lowest BCUT2D eigenvalue weighted by Gasteiger charge is -2.31. The molecule has 0 N–H and O–H groups in total. The Labute approximate surface area is 119 Å². The molecule has 4 heteroatoms. The van der Waals surface area contributed by atoms with Crippen LogP contribution in [0.1, 0.15) is 39.2 Å². The molecule has 0 aromatic heterocycles. The molecule has 108 valence electrons. The van der Waals surface area contributed by atoms with Crippen LogP contribution in [0, 0.1) is 0 Å². The molecule has 20 heavy (non-hydrogen) atoms. The summed E-state index contributed by atoms with van der Waals surface area (Å²) in [7, 11) is 0. The molecule has 0 atom stereocenters. The summed E-state index contributed by atoms with van der Waals surface area (Å²) in [5.41, 5.74) is -0.241. The molecular formula is C16H21NO3. The van der Waals surface area contributed by atoms with E-state index in [1.807, 2.05) is 51.1 Å². The smallest absolute Gasteiger partial charge is 0.411 e. The predicted molar refractivity (Wildman–Crippen MR) is 76.2 cm³/mol. The quantitative estimate of drug-likeness (QED) is 0.793. The topological polar surface area (TPSA) is 46.6 Å². The maximum Gasteiger partial charge on any atom is 0.411 e. The zero-order chi connectivity index (χ0) is 14.8. The third kappa shape index (κ3) is 3.38. The second-order valence-corrected chi connectivity index (χ2v) is 6.27. The van der Waals surface area contributed by atoms with Crippen molar-refractivity contribution in [3.63, 3.8) is 0 Å². The van der Waals surface area contributed by atoms with Gasteiger partial charge in [0.2, 0.25) is 0 Å². The highest BCUT2D eigenvalue weighted by Crippen LogP contribution is 2.41. The molecule has 0 spiro atoms. The van der Waals surface area contributed by atoms with Gasteiger partial charge in [-0.25, -0.2) is 4.79 Å². The zero-order valence-corrected chi connectivity index (χ0v) is 12.3. The Hall–Kier alpha value is -1.84. The van der Waals surface area contributed by atoms with E-state index in [0.29, 0.717) is 19.4 Å². The average molecular weight is 275 g/mol. The summed E-state index contributed by atoms with van der Waals surface area (Å²) in [6, 6.07) is 9.65. The number of aldehydes is 1. The molecule has 0 aliphatic heterocycles. The molecule has 0 saturated heterocycles. The van der Waals surface area contributed by atoms with Crippen LogP contribution in [-0.4, -0.2) is 28.4 Å². The third-order valence-corrected chi connectivity index (χ3v) is 3.32. The number of hydrogen-bond donors (Lipinski definition) is 0. The molecule has 1 aromatic rings. The lowest BCUT2D eigenvalue weighted by Crippen LogP contribution is -2.45. The minimum absolute atomic E-state index is 0.397. The molecular weight excluding hydrogens is 254 g/mol. The summed E-state index contributed by atoms with van der Waals surface area (Å²) in [6.07, 6.45) is 1.87. The molecule has 4 nitrogen and oxygen atoms in total. The molecule has 0 unspecified atom stereocenters. The lowest BCUT2D eigenvalue weighted by atomic mass is 10.1. The summed E-state index contributed by atoms with van der Waals surface area (Å²) in [5.74, 6) is 0. The standard InChI is InChI=1S/C16H21NO3/c1-15(2,3)20-14(19)17(16(12-18)9-10-16)11-13-7-5-4-6-8-13/h4-8,12H,9-11H2,1-3H3. The number of nitrogens with zero attached hydrogens (tertiary/aromatic N) is 1. The van der Waals surface area contributed by atoms with E-state index in [0.717, 1.165) is 11.8 Å². The van der Waals surface area contributed by atoms with Gasteiger partial charge in [-0.05, 0) is 39.2 Å². The fourth-order valence-corrected chi connectivity index (χ4v) is 2.07. The Morgan fingerprint density at radius 2 is 1.90 bits per heavy atom. The van der Waals surface area contributed by atoms with Gasteiger partial charge in [0.15, 0.2) is 0 Å². The number of rotatable bonds is 4. The minimum atomic E-state index is -0.668. The van der Waals surface area contributed by atoms with Crippen molar-refractivity contribution in [2.24, 2.45) is 0 Å². The normalized spacial score (nSPS) is 16.4. The van der Waals surface area contributed by atoms with Crippen LogP contribution >= 0.6 is 0 Å². The van der Waals surface area contributed by atoms with Gasteiger partial charge in [0, 0.05) is 0 Å². The minimum Gasteiger partial charge on any atom is -0.444 e. The Kier molecular flexibility index (Phi) is 3.84. The highest BCUT2D eigenvalue weighted by atomic mass is 16.6. The first-order valence-corrected chi connectivity index (χ1v) is 6.87. The van der Waals surface area contributed by atoms with Gasteiger partial charge in [-0.2, -0.15) is 0 Å².